The molecular formula is C14H26SiTi. The van der Waals surface area contributed by atoms with Crippen LogP contribution < -0.4 is 0 Å². The van der Waals surface area contributed by atoms with Gasteiger partial charge in [-0.3, -0.25) is 0 Å². The monoisotopic (exact) mass is 270 g/mol. The summed E-state index contributed by atoms with van der Waals surface area (Å²) in [5.74, 6) is 0.762. The van der Waals surface area contributed by atoms with Crippen LogP contribution in [0.2, 0.25) is 6.04 Å². The van der Waals surface area contributed by atoms with E-state index in [-0.39, 0.29) is 44.0 Å². The molecular weight excluding hydrogens is 244 g/mol. The minimum Gasteiger partial charge on any atom is -0.358 e. The first-order valence-corrected chi connectivity index (χ1v) is 6.59. The SMILES string of the molecule is CC1C(C[SiH3])=[C-]C2=C1CCCC2.[CH3-].[CH3-].[CH3-].[Ti+4]. The molecule has 1 atom stereocenters. The Morgan fingerprint density at radius 1 is 1.19 bits per heavy atom. The van der Waals surface area contributed by atoms with Crippen molar-refractivity contribution in [2.45, 2.75) is 38.7 Å². The van der Waals surface area contributed by atoms with Crippen molar-refractivity contribution in [2.24, 2.45) is 5.92 Å². The molecule has 0 N–H and O–H groups in total. The minimum atomic E-state index is 0. The fourth-order valence-electron chi connectivity index (χ4n) is 2.46. The molecule has 0 radical (unpaired) electrons. The topological polar surface area (TPSA) is 0 Å². The Hall–Kier alpha value is 0.411. The third-order valence-electron chi connectivity index (χ3n) is 3.25. The van der Waals surface area contributed by atoms with E-state index < -0.39 is 0 Å². The third kappa shape index (κ3) is 4.01. The van der Waals surface area contributed by atoms with Crippen molar-refractivity contribution in [3.8, 4) is 0 Å². The van der Waals surface area contributed by atoms with E-state index in [1.54, 1.807) is 16.7 Å². The Morgan fingerprint density at radius 2 is 1.75 bits per heavy atom. The van der Waals surface area contributed by atoms with Crippen molar-refractivity contribution < 1.29 is 21.7 Å². The molecule has 16 heavy (non-hydrogen) atoms. The fraction of sp³-hybridized carbons (Fsp3) is 0.500. The van der Waals surface area contributed by atoms with Crippen LogP contribution in [0, 0.1) is 34.3 Å². The first-order chi connectivity index (χ1) is 5.83. The van der Waals surface area contributed by atoms with Crippen molar-refractivity contribution in [3.05, 3.63) is 45.1 Å². The largest absolute Gasteiger partial charge is 4.00 e. The quantitative estimate of drug-likeness (QED) is 0.506. The first-order valence-electron chi connectivity index (χ1n) is 5.17. The summed E-state index contributed by atoms with van der Waals surface area (Å²) in [7, 11) is 1.30. The van der Waals surface area contributed by atoms with Gasteiger partial charge in [0.2, 0.25) is 0 Å². The van der Waals surface area contributed by atoms with Crippen LogP contribution in [0.4, 0.5) is 0 Å². The number of rotatable bonds is 1. The van der Waals surface area contributed by atoms with Crippen molar-refractivity contribution in [2.75, 3.05) is 0 Å². The van der Waals surface area contributed by atoms with Gasteiger partial charge in [-0.05, 0) is 0 Å². The van der Waals surface area contributed by atoms with Crippen LogP contribution in [0.5, 0.6) is 0 Å². The normalized spacial score (nSPS) is 21.8. The van der Waals surface area contributed by atoms with Gasteiger partial charge in [-0.2, -0.15) is 5.57 Å². The van der Waals surface area contributed by atoms with Crippen LogP contribution in [0.1, 0.15) is 32.6 Å². The Bertz CT molecular complexity index is 253. The Balaban J connectivity index is -0.000000422. The van der Waals surface area contributed by atoms with E-state index in [0.717, 1.165) is 5.92 Å². The zero-order valence-electron chi connectivity index (χ0n) is 11.6. The van der Waals surface area contributed by atoms with E-state index in [1.807, 2.05) is 0 Å². The average molecular weight is 270 g/mol. The van der Waals surface area contributed by atoms with Crippen LogP contribution in [-0.4, -0.2) is 10.2 Å². The van der Waals surface area contributed by atoms with Gasteiger partial charge in [-0.15, -0.1) is 0 Å². The Kier molecular flexibility index (Phi) is 12.8. The molecule has 2 aliphatic carbocycles. The second kappa shape index (κ2) is 9.44. The van der Waals surface area contributed by atoms with Gasteiger partial charge >= 0.3 is 21.7 Å². The predicted octanol–water partition coefficient (Wildman–Crippen LogP) is 3.37. The Morgan fingerprint density at radius 3 is 2.25 bits per heavy atom. The molecule has 0 aliphatic heterocycles. The van der Waals surface area contributed by atoms with Crippen LogP contribution in [0.15, 0.2) is 16.7 Å². The van der Waals surface area contributed by atoms with Crippen molar-refractivity contribution in [1.29, 1.82) is 0 Å². The molecule has 2 aliphatic rings. The van der Waals surface area contributed by atoms with Gasteiger partial charge in [-0.1, -0.05) is 44.6 Å². The molecule has 2 rings (SSSR count). The maximum atomic E-state index is 3.62. The van der Waals surface area contributed by atoms with Gasteiger partial charge < -0.3 is 22.3 Å². The van der Waals surface area contributed by atoms with Gasteiger partial charge in [0, 0.05) is 10.2 Å². The molecule has 0 aromatic heterocycles. The molecule has 1 unspecified atom stereocenters. The van der Waals surface area contributed by atoms with Gasteiger partial charge in [-0.25, -0.2) is 17.2 Å². The van der Waals surface area contributed by atoms with Crippen LogP contribution in [0.25, 0.3) is 0 Å². The molecule has 0 amide bonds. The second-order valence-electron chi connectivity index (χ2n) is 3.94. The summed E-state index contributed by atoms with van der Waals surface area (Å²) < 4.78 is 0. The molecule has 0 aromatic rings. The smallest absolute Gasteiger partial charge is 0.358 e. The Labute approximate surface area is 121 Å². The molecule has 2 heteroatoms. The molecule has 0 saturated heterocycles. The minimum absolute atomic E-state index is 0. The van der Waals surface area contributed by atoms with E-state index in [4.69, 9.17) is 0 Å². The third-order valence-corrected chi connectivity index (χ3v) is 4.01. The zero-order chi connectivity index (χ0) is 8.55. The van der Waals surface area contributed by atoms with E-state index in [0.29, 0.717) is 0 Å². The summed E-state index contributed by atoms with van der Waals surface area (Å²) in [6.45, 7) is 2.37. The number of allylic oxidation sites excluding steroid dienone is 4. The average Bonchev–Trinajstić information content (AvgIpc) is 2.44. The van der Waals surface area contributed by atoms with Crippen LogP contribution >= 0.6 is 0 Å². The molecule has 0 aromatic carbocycles. The summed E-state index contributed by atoms with van der Waals surface area (Å²) in [5, 5.41) is 0. The van der Waals surface area contributed by atoms with Crippen molar-refractivity contribution in [1.82, 2.24) is 0 Å². The van der Waals surface area contributed by atoms with Crippen molar-refractivity contribution >= 4 is 10.2 Å². The molecule has 90 valence electrons. The van der Waals surface area contributed by atoms with E-state index in [1.165, 1.54) is 42.0 Å². The summed E-state index contributed by atoms with van der Waals surface area (Å²) in [6.07, 6.45) is 9.10. The van der Waals surface area contributed by atoms with Gasteiger partial charge in [0.15, 0.2) is 0 Å². The summed E-state index contributed by atoms with van der Waals surface area (Å²) in [5.41, 5.74) is 4.92. The fourth-order valence-corrected chi connectivity index (χ4v) is 3.25. The summed E-state index contributed by atoms with van der Waals surface area (Å²) >= 11 is 0. The molecule has 0 nitrogen and oxygen atoms in total. The van der Waals surface area contributed by atoms with Gasteiger partial charge in [0.25, 0.3) is 0 Å². The number of hydrogen-bond donors (Lipinski definition) is 0. The van der Waals surface area contributed by atoms with Crippen molar-refractivity contribution in [3.63, 3.8) is 0 Å². The first kappa shape index (κ1) is 21.7. The molecule has 0 bridgehead atoms. The van der Waals surface area contributed by atoms with Crippen LogP contribution in [-0.2, 0) is 21.7 Å². The van der Waals surface area contributed by atoms with Gasteiger partial charge in [0.1, 0.15) is 0 Å². The van der Waals surface area contributed by atoms with E-state index in [9.17, 15) is 0 Å². The summed E-state index contributed by atoms with van der Waals surface area (Å²) in [6, 6.07) is 1.33. The standard InChI is InChI=1S/C11H17Si.3CH3.Ti/c1-8-10(7-12)6-9-4-2-3-5-11(8)9;;;;/h8H,2-5,7H2,1,12H3;3*1H3;/q4*-1;+4. The zero-order valence-corrected chi connectivity index (χ0v) is 15.2. The van der Waals surface area contributed by atoms with Gasteiger partial charge in [0.05, 0.1) is 0 Å². The molecule has 0 saturated carbocycles. The molecule has 0 fully saturated rings. The molecule has 0 heterocycles. The maximum absolute atomic E-state index is 3.62. The molecule has 0 spiro atoms. The van der Waals surface area contributed by atoms with E-state index in [2.05, 4.69) is 13.0 Å². The van der Waals surface area contributed by atoms with E-state index >= 15 is 0 Å². The van der Waals surface area contributed by atoms with Crippen LogP contribution in [0.3, 0.4) is 0 Å². The predicted molar refractivity (Wildman–Crippen MR) is 75.4 cm³/mol. The maximum Gasteiger partial charge on any atom is 4.00 e. The second-order valence-corrected chi connectivity index (χ2v) is 4.64. The number of hydrogen-bond acceptors (Lipinski definition) is 0. The summed E-state index contributed by atoms with van der Waals surface area (Å²) in [4.78, 5) is 0.